The molecule has 6 nitrogen and oxygen atoms in total. The molecule has 24 heavy (non-hydrogen) atoms. The molecule has 1 aliphatic heterocycles. The number of pyridine rings is 1. The van der Waals surface area contributed by atoms with Crippen LogP contribution in [0.3, 0.4) is 0 Å². The summed E-state index contributed by atoms with van der Waals surface area (Å²) in [6, 6.07) is 8.90. The zero-order chi connectivity index (χ0) is 16.5. The van der Waals surface area contributed by atoms with Gasteiger partial charge >= 0.3 is 0 Å². The fraction of sp³-hybridized carbons (Fsp3) is 0.333. The molecule has 0 aliphatic carbocycles. The number of nitrogens with zero attached hydrogens (tertiary/aromatic N) is 2. The maximum Gasteiger partial charge on any atom is 0.258 e. The van der Waals surface area contributed by atoms with E-state index in [2.05, 4.69) is 10.3 Å². The molecule has 0 saturated carbocycles. The molecule has 1 fully saturated rings. The number of hydrogen-bond donors (Lipinski definition) is 1. The van der Waals surface area contributed by atoms with Crippen molar-refractivity contribution in [3.05, 3.63) is 52.8 Å². The van der Waals surface area contributed by atoms with Gasteiger partial charge in [-0.1, -0.05) is 0 Å². The highest BCUT2D eigenvalue weighted by atomic mass is 16.5. The van der Waals surface area contributed by atoms with Crippen LogP contribution in [0.1, 0.15) is 18.7 Å². The molecule has 0 bridgehead atoms. The lowest BCUT2D eigenvalue weighted by atomic mass is 10.1. The van der Waals surface area contributed by atoms with Crippen LogP contribution >= 0.6 is 0 Å². The number of benzene rings is 1. The first kappa shape index (κ1) is 15.0. The molecule has 4 rings (SSSR count). The number of rotatable bonds is 3. The Morgan fingerprint density at radius 2 is 2.08 bits per heavy atom. The largest absolute Gasteiger partial charge is 0.490 e. The Hall–Kier alpha value is -2.60. The molecule has 1 saturated heterocycles. The molecule has 0 atom stereocenters. The van der Waals surface area contributed by atoms with Gasteiger partial charge in [0.2, 0.25) is 0 Å². The van der Waals surface area contributed by atoms with E-state index in [-0.39, 0.29) is 11.7 Å². The van der Waals surface area contributed by atoms with Gasteiger partial charge in [-0.15, -0.1) is 0 Å². The summed E-state index contributed by atoms with van der Waals surface area (Å²) >= 11 is 0. The van der Waals surface area contributed by atoms with Crippen molar-refractivity contribution < 1.29 is 9.15 Å². The summed E-state index contributed by atoms with van der Waals surface area (Å²) in [5.74, 6) is 1.24. The van der Waals surface area contributed by atoms with Crippen LogP contribution in [0.4, 0.5) is 0 Å². The number of aromatic nitrogens is 2. The van der Waals surface area contributed by atoms with Gasteiger partial charge in [0, 0.05) is 19.2 Å². The van der Waals surface area contributed by atoms with E-state index in [4.69, 9.17) is 9.15 Å². The van der Waals surface area contributed by atoms with Gasteiger partial charge in [0.15, 0.2) is 11.5 Å². The Bertz CT molecular complexity index is 923. The smallest absolute Gasteiger partial charge is 0.258 e. The standard InChI is InChI=1S/C18H19N3O3/c1-12-20-16-10-13(2-3-17(16)23-12)21-9-6-15(11-18(21)22)24-14-4-7-19-8-5-14/h2-3,6,9-11,14,19H,4-5,7-8H2,1H3. The van der Waals surface area contributed by atoms with Crippen LogP contribution in [-0.4, -0.2) is 28.7 Å². The van der Waals surface area contributed by atoms with Gasteiger partial charge in [-0.05, 0) is 50.2 Å². The van der Waals surface area contributed by atoms with E-state index in [1.165, 1.54) is 0 Å². The Morgan fingerprint density at radius 3 is 2.88 bits per heavy atom. The van der Waals surface area contributed by atoms with E-state index in [0.29, 0.717) is 11.6 Å². The highest BCUT2D eigenvalue weighted by molar-refractivity contribution is 5.75. The molecule has 2 aromatic heterocycles. The lowest BCUT2D eigenvalue weighted by molar-refractivity contribution is 0.162. The normalized spacial score (nSPS) is 15.7. The Kier molecular flexibility index (Phi) is 3.82. The first-order chi connectivity index (χ1) is 11.7. The van der Waals surface area contributed by atoms with Crippen molar-refractivity contribution in [3.63, 3.8) is 0 Å². The molecule has 3 heterocycles. The molecule has 6 heteroatoms. The monoisotopic (exact) mass is 325 g/mol. The predicted molar refractivity (Wildman–Crippen MR) is 90.9 cm³/mol. The molecule has 1 N–H and O–H groups in total. The third-order valence-corrected chi connectivity index (χ3v) is 4.24. The van der Waals surface area contributed by atoms with Gasteiger partial charge < -0.3 is 14.5 Å². The topological polar surface area (TPSA) is 69.3 Å². The first-order valence-electron chi connectivity index (χ1n) is 8.17. The second kappa shape index (κ2) is 6.13. The molecule has 0 spiro atoms. The highest BCUT2D eigenvalue weighted by Crippen LogP contribution is 2.20. The van der Waals surface area contributed by atoms with Crippen LogP contribution in [0.25, 0.3) is 16.8 Å². The number of aryl methyl sites for hydroxylation is 1. The fourth-order valence-electron chi connectivity index (χ4n) is 3.03. The molecule has 124 valence electrons. The minimum atomic E-state index is -0.124. The van der Waals surface area contributed by atoms with E-state index in [9.17, 15) is 4.79 Å². The summed E-state index contributed by atoms with van der Waals surface area (Å²) in [6.45, 7) is 3.72. The SMILES string of the molecule is Cc1nc2cc(-n3ccc(OC4CCNCC4)cc3=O)ccc2o1. The maximum absolute atomic E-state index is 12.5. The van der Waals surface area contributed by atoms with Gasteiger partial charge in [0.1, 0.15) is 17.4 Å². The third-order valence-electron chi connectivity index (χ3n) is 4.24. The average Bonchev–Trinajstić information content (AvgIpc) is 2.95. The zero-order valence-electron chi connectivity index (χ0n) is 13.5. The summed E-state index contributed by atoms with van der Waals surface area (Å²) < 4.78 is 13.0. The number of nitrogens with one attached hydrogen (secondary N) is 1. The zero-order valence-corrected chi connectivity index (χ0v) is 13.5. The van der Waals surface area contributed by atoms with Gasteiger partial charge in [-0.3, -0.25) is 9.36 Å². The Balaban J connectivity index is 1.61. The average molecular weight is 325 g/mol. The predicted octanol–water partition coefficient (Wildman–Crippen LogP) is 2.42. The number of piperidine rings is 1. The van der Waals surface area contributed by atoms with Crippen LogP contribution in [0.2, 0.25) is 0 Å². The van der Waals surface area contributed by atoms with E-state index in [1.54, 1.807) is 23.8 Å². The molecular formula is C18H19N3O3. The van der Waals surface area contributed by atoms with Crippen LogP contribution in [0, 0.1) is 6.92 Å². The quantitative estimate of drug-likeness (QED) is 0.801. The summed E-state index contributed by atoms with van der Waals surface area (Å²) in [5, 5.41) is 3.30. The van der Waals surface area contributed by atoms with Gasteiger partial charge in [0.05, 0.1) is 5.69 Å². The third kappa shape index (κ3) is 2.92. The van der Waals surface area contributed by atoms with Crippen molar-refractivity contribution in [2.45, 2.75) is 25.9 Å². The maximum atomic E-state index is 12.5. The fourth-order valence-corrected chi connectivity index (χ4v) is 3.03. The van der Waals surface area contributed by atoms with E-state index >= 15 is 0 Å². The first-order valence-corrected chi connectivity index (χ1v) is 8.17. The molecule has 3 aromatic rings. The number of fused-ring (bicyclic) bond motifs is 1. The lowest BCUT2D eigenvalue weighted by Crippen LogP contribution is -2.34. The number of ether oxygens (including phenoxy) is 1. The van der Waals surface area contributed by atoms with E-state index in [1.807, 2.05) is 24.3 Å². The Morgan fingerprint density at radius 1 is 1.25 bits per heavy atom. The molecule has 1 aromatic carbocycles. The van der Waals surface area contributed by atoms with E-state index < -0.39 is 0 Å². The summed E-state index contributed by atoms with van der Waals surface area (Å²) in [6.07, 6.45) is 3.85. The number of hydrogen-bond acceptors (Lipinski definition) is 5. The van der Waals surface area contributed by atoms with Crippen molar-refractivity contribution in [1.82, 2.24) is 14.9 Å². The summed E-state index contributed by atoms with van der Waals surface area (Å²) in [4.78, 5) is 16.8. The molecule has 0 radical (unpaired) electrons. The highest BCUT2D eigenvalue weighted by Gasteiger charge is 2.15. The van der Waals surface area contributed by atoms with Gasteiger partial charge in [0.25, 0.3) is 5.56 Å². The lowest BCUT2D eigenvalue weighted by Gasteiger charge is -2.23. The van der Waals surface area contributed by atoms with Gasteiger partial charge in [-0.2, -0.15) is 0 Å². The van der Waals surface area contributed by atoms with Crippen molar-refractivity contribution >= 4 is 11.1 Å². The molecule has 0 amide bonds. The van der Waals surface area contributed by atoms with Crippen LogP contribution in [0.15, 0.2) is 45.7 Å². The van der Waals surface area contributed by atoms with Crippen molar-refractivity contribution in [2.24, 2.45) is 0 Å². The minimum Gasteiger partial charge on any atom is -0.490 e. The summed E-state index contributed by atoms with van der Waals surface area (Å²) in [7, 11) is 0. The molecular weight excluding hydrogens is 306 g/mol. The molecule has 0 unspecified atom stereocenters. The van der Waals surface area contributed by atoms with Crippen molar-refractivity contribution in [3.8, 4) is 11.4 Å². The second-order valence-corrected chi connectivity index (χ2v) is 6.02. The Labute approximate surface area is 139 Å². The number of oxazole rings is 1. The van der Waals surface area contributed by atoms with Gasteiger partial charge in [-0.25, -0.2) is 4.98 Å². The second-order valence-electron chi connectivity index (χ2n) is 6.02. The van der Waals surface area contributed by atoms with Crippen LogP contribution in [0.5, 0.6) is 5.75 Å². The van der Waals surface area contributed by atoms with Crippen molar-refractivity contribution in [2.75, 3.05) is 13.1 Å². The minimum absolute atomic E-state index is 0.124. The van der Waals surface area contributed by atoms with Crippen LogP contribution in [-0.2, 0) is 0 Å². The van der Waals surface area contributed by atoms with Crippen molar-refractivity contribution in [1.29, 1.82) is 0 Å². The van der Waals surface area contributed by atoms with E-state index in [0.717, 1.165) is 42.7 Å². The van der Waals surface area contributed by atoms with Crippen LogP contribution < -0.4 is 15.6 Å². The molecule has 1 aliphatic rings. The summed E-state index contributed by atoms with van der Waals surface area (Å²) in [5.41, 5.74) is 2.09.